The Morgan fingerprint density at radius 2 is 1.71 bits per heavy atom. The first-order chi connectivity index (χ1) is 6.69. The summed E-state index contributed by atoms with van der Waals surface area (Å²) in [6, 6.07) is 6.19. The number of carbonyl (C=O) groups is 2. The van der Waals surface area contributed by atoms with Crippen LogP contribution in [-0.2, 0) is 4.74 Å². The van der Waals surface area contributed by atoms with Gasteiger partial charge in [-0.3, -0.25) is 4.79 Å². The second-order valence-electron chi connectivity index (χ2n) is 2.70. The third kappa shape index (κ3) is 2.22. The Morgan fingerprint density at radius 1 is 1.21 bits per heavy atom. The molecule has 0 fully saturated rings. The van der Waals surface area contributed by atoms with Crippen LogP contribution in [0.15, 0.2) is 24.3 Å². The first-order valence-corrected chi connectivity index (χ1v) is 4.10. The van der Waals surface area contributed by atoms with Gasteiger partial charge in [-0.1, -0.05) is 12.1 Å². The van der Waals surface area contributed by atoms with Crippen molar-refractivity contribution >= 4 is 19.6 Å². The van der Waals surface area contributed by atoms with E-state index in [1.54, 1.807) is 12.1 Å². The highest BCUT2D eigenvalue weighted by Gasteiger charge is 2.06. The quantitative estimate of drug-likeness (QED) is 0.407. The van der Waals surface area contributed by atoms with E-state index in [2.05, 4.69) is 4.74 Å². The number of methoxy groups -OCH3 is 1. The average molecular weight is 188 g/mol. The van der Waals surface area contributed by atoms with Gasteiger partial charge in [-0.05, 0) is 18.5 Å². The summed E-state index contributed by atoms with van der Waals surface area (Å²) >= 11 is 0. The maximum atomic E-state index is 11.1. The lowest BCUT2D eigenvalue weighted by molar-refractivity contribution is 0.0600. The zero-order valence-electron chi connectivity index (χ0n) is 7.82. The van der Waals surface area contributed by atoms with Crippen molar-refractivity contribution in [2.45, 2.75) is 6.32 Å². The van der Waals surface area contributed by atoms with E-state index in [9.17, 15) is 9.59 Å². The minimum absolute atomic E-state index is 0.0302. The van der Waals surface area contributed by atoms with E-state index in [1.807, 2.05) is 0 Å². The van der Waals surface area contributed by atoms with Crippen LogP contribution in [-0.4, -0.2) is 26.7 Å². The van der Waals surface area contributed by atoms with Crippen molar-refractivity contribution in [1.82, 2.24) is 0 Å². The summed E-state index contributed by atoms with van der Waals surface area (Å²) in [7, 11) is 6.49. The van der Waals surface area contributed by atoms with E-state index in [-0.39, 0.29) is 12.1 Å². The molecule has 0 aliphatic rings. The van der Waals surface area contributed by atoms with Gasteiger partial charge in [0.2, 0.25) is 0 Å². The smallest absolute Gasteiger partial charge is 0.337 e. The van der Waals surface area contributed by atoms with Crippen molar-refractivity contribution < 1.29 is 14.3 Å². The van der Waals surface area contributed by atoms with Gasteiger partial charge in [0.15, 0.2) is 5.78 Å². The van der Waals surface area contributed by atoms with Crippen LogP contribution in [0.2, 0.25) is 6.32 Å². The van der Waals surface area contributed by atoms with Crippen LogP contribution in [0.5, 0.6) is 0 Å². The van der Waals surface area contributed by atoms with E-state index < -0.39 is 5.97 Å². The Hall–Kier alpha value is -1.58. The molecule has 3 nitrogen and oxygen atoms in total. The lowest BCUT2D eigenvalue weighted by Gasteiger charge is -2.00. The summed E-state index contributed by atoms with van der Waals surface area (Å²) in [5.74, 6) is -0.571. The largest absolute Gasteiger partial charge is 0.465 e. The number of benzene rings is 1. The lowest BCUT2D eigenvalue weighted by Crippen LogP contribution is -2.02. The summed E-state index contributed by atoms with van der Waals surface area (Å²) in [5, 5.41) is 0. The molecule has 0 aliphatic heterocycles. The molecule has 0 saturated heterocycles. The topological polar surface area (TPSA) is 43.4 Å². The number of ketones is 1. The van der Waals surface area contributed by atoms with Gasteiger partial charge in [0.1, 0.15) is 0 Å². The Morgan fingerprint density at radius 3 is 2.14 bits per heavy atom. The minimum Gasteiger partial charge on any atom is -0.465 e. The normalized spacial score (nSPS) is 9.50. The summed E-state index contributed by atoms with van der Waals surface area (Å²) in [4.78, 5) is 22.2. The molecule has 14 heavy (non-hydrogen) atoms. The molecule has 4 heteroatoms. The van der Waals surface area contributed by atoms with Gasteiger partial charge in [-0.15, -0.1) is 0 Å². The molecule has 0 atom stereocenters. The molecular formula is C10H9BO3. The van der Waals surface area contributed by atoms with E-state index in [1.165, 1.54) is 19.2 Å². The first kappa shape index (κ1) is 10.5. The molecule has 0 saturated carbocycles. The van der Waals surface area contributed by atoms with Gasteiger partial charge < -0.3 is 4.74 Å². The molecule has 0 unspecified atom stereocenters. The number of Topliss-reactive ketones (excluding diaryl/α,β-unsaturated/α-hetero) is 1. The predicted molar refractivity (Wildman–Crippen MR) is 52.7 cm³/mol. The highest BCUT2D eigenvalue weighted by atomic mass is 16.5. The maximum Gasteiger partial charge on any atom is 0.337 e. The molecule has 0 bridgehead atoms. The van der Waals surface area contributed by atoms with Crippen LogP contribution < -0.4 is 0 Å². The third-order valence-electron chi connectivity index (χ3n) is 1.81. The molecule has 0 aliphatic carbocycles. The van der Waals surface area contributed by atoms with Crippen LogP contribution in [0.3, 0.4) is 0 Å². The molecule has 1 aromatic carbocycles. The number of carbonyl (C=O) groups excluding carboxylic acids is 2. The number of esters is 1. The van der Waals surface area contributed by atoms with Gasteiger partial charge >= 0.3 is 5.97 Å². The van der Waals surface area contributed by atoms with Crippen molar-refractivity contribution in [2.24, 2.45) is 0 Å². The van der Waals surface area contributed by atoms with Crippen molar-refractivity contribution in [2.75, 3.05) is 7.11 Å². The minimum atomic E-state index is -0.420. The number of hydrogen-bond acceptors (Lipinski definition) is 3. The van der Waals surface area contributed by atoms with Crippen molar-refractivity contribution in [1.29, 1.82) is 0 Å². The van der Waals surface area contributed by atoms with Crippen LogP contribution in [0.1, 0.15) is 20.7 Å². The van der Waals surface area contributed by atoms with Gasteiger partial charge in [-0.25, -0.2) is 4.79 Å². The standard InChI is InChI=1S/C10H9BO3/c1-14-10(13)8-4-2-7(3-5-8)9(12)6-11/h2-5H,6H2,1H3. The molecule has 1 aromatic rings. The van der Waals surface area contributed by atoms with Gasteiger partial charge in [0.25, 0.3) is 0 Å². The number of rotatable bonds is 3. The highest BCUT2D eigenvalue weighted by molar-refractivity contribution is 6.24. The van der Waals surface area contributed by atoms with Gasteiger partial charge in [0.05, 0.1) is 20.5 Å². The van der Waals surface area contributed by atoms with Gasteiger partial charge in [-0.2, -0.15) is 0 Å². The maximum absolute atomic E-state index is 11.1. The Kier molecular flexibility index (Phi) is 3.45. The zero-order chi connectivity index (χ0) is 10.6. The molecule has 0 spiro atoms. The van der Waals surface area contributed by atoms with Gasteiger partial charge in [0, 0.05) is 5.56 Å². The molecule has 0 aromatic heterocycles. The molecule has 70 valence electrons. The molecule has 1 rings (SSSR count). The molecule has 0 amide bonds. The highest BCUT2D eigenvalue weighted by Crippen LogP contribution is 2.07. The number of ether oxygens (including phenoxy) is 1. The molecule has 2 radical (unpaired) electrons. The molecule has 0 heterocycles. The van der Waals surface area contributed by atoms with Crippen LogP contribution in [0.4, 0.5) is 0 Å². The van der Waals surface area contributed by atoms with Crippen LogP contribution in [0, 0.1) is 0 Å². The summed E-state index contributed by atoms with van der Waals surface area (Å²) in [6.45, 7) is 0. The summed E-state index contributed by atoms with van der Waals surface area (Å²) < 4.78 is 4.51. The number of hydrogen-bond donors (Lipinski definition) is 0. The second-order valence-corrected chi connectivity index (χ2v) is 2.70. The third-order valence-corrected chi connectivity index (χ3v) is 1.81. The van der Waals surface area contributed by atoms with Crippen molar-refractivity contribution in [3.63, 3.8) is 0 Å². The van der Waals surface area contributed by atoms with E-state index in [0.29, 0.717) is 11.1 Å². The monoisotopic (exact) mass is 188 g/mol. The zero-order valence-corrected chi connectivity index (χ0v) is 7.82. The van der Waals surface area contributed by atoms with E-state index >= 15 is 0 Å². The first-order valence-electron chi connectivity index (χ1n) is 4.10. The Labute approximate surface area is 83.5 Å². The summed E-state index contributed by atoms with van der Waals surface area (Å²) in [6.07, 6.45) is -0.0302. The van der Waals surface area contributed by atoms with E-state index in [0.717, 1.165) is 0 Å². The predicted octanol–water partition coefficient (Wildman–Crippen LogP) is 1.24. The lowest BCUT2D eigenvalue weighted by atomic mass is 9.95. The average Bonchev–Trinajstić information content (AvgIpc) is 2.27. The fourth-order valence-electron chi connectivity index (χ4n) is 1.03. The van der Waals surface area contributed by atoms with Crippen molar-refractivity contribution in [3.8, 4) is 0 Å². The Balaban J connectivity index is 2.89. The van der Waals surface area contributed by atoms with Crippen LogP contribution in [0.25, 0.3) is 0 Å². The Bertz CT molecular complexity index is 308. The SMILES string of the molecule is [B]CC(=O)c1ccc(C(=O)OC)cc1. The summed E-state index contributed by atoms with van der Waals surface area (Å²) in [5.41, 5.74) is 0.918. The van der Waals surface area contributed by atoms with Crippen molar-refractivity contribution in [3.05, 3.63) is 35.4 Å². The fourth-order valence-corrected chi connectivity index (χ4v) is 1.03. The van der Waals surface area contributed by atoms with Crippen LogP contribution >= 0.6 is 0 Å². The fraction of sp³-hybridized carbons (Fsp3) is 0.200. The molecular weight excluding hydrogens is 179 g/mol. The van der Waals surface area contributed by atoms with E-state index in [4.69, 9.17) is 7.85 Å². The second kappa shape index (κ2) is 4.60. The molecule has 0 N–H and O–H groups in total.